The van der Waals surface area contributed by atoms with E-state index in [2.05, 4.69) is 6.07 Å². The predicted octanol–water partition coefficient (Wildman–Crippen LogP) is 2.96. The van der Waals surface area contributed by atoms with Crippen molar-refractivity contribution < 1.29 is 4.74 Å². The van der Waals surface area contributed by atoms with Crippen molar-refractivity contribution in [2.75, 3.05) is 19.0 Å². The topological polar surface area (TPSA) is 35.2 Å². The highest BCUT2D eigenvalue weighted by atomic mass is 32.2. The number of hydrogen-bond donors (Lipinski definition) is 1. The quantitative estimate of drug-likeness (QED) is 0.896. The van der Waals surface area contributed by atoms with E-state index in [4.69, 9.17) is 10.5 Å². The Hall–Kier alpha value is -0.0300. The van der Waals surface area contributed by atoms with Gasteiger partial charge in [-0.1, -0.05) is 0 Å². The van der Waals surface area contributed by atoms with Crippen LogP contribution in [0.15, 0.2) is 6.07 Å². The van der Waals surface area contributed by atoms with Gasteiger partial charge in [0, 0.05) is 34.1 Å². The van der Waals surface area contributed by atoms with Crippen LogP contribution >= 0.6 is 23.1 Å². The first-order valence-electron chi connectivity index (χ1n) is 6.37. The number of thiophene rings is 1. The van der Waals surface area contributed by atoms with Gasteiger partial charge in [0.25, 0.3) is 0 Å². The molecule has 1 aromatic rings. The summed E-state index contributed by atoms with van der Waals surface area (Å²) in [7, 11) is 0. The summed E-state index contributed by atoms with van der Waals surface area (Å²) >= 11 is 3.98. The van der Waals surface area contributed by atoms with E-state index in [1.54, 1.807) is 4.88 Å². The molecule has 2 aliphatic rings. The molecule has 2 aliphatic heterocycles. The molecule has 3 heterocycles. The molecule has 94 valence electrons. The van der Waals surface area contributed by atoms with E-state index in [9.17, 15) is 0 Å². The van der Waals surface area contributed by atoms with Crippen molar-refractivity contribution in [1.82, 2.24) is 0 Å². The molecule has 1 fully saturated rings. The van der Waals surface area contributed by atoms with E-state index in [0.717, 1.165) is 13.2 Å². The first-order chi connectivity index (χ1) is 8.34. The number of aryl methyl sites for hydroxylation is 1. The third-order valence-electron chi connectivity index (χ3n) is 3.68. The maximum atomic E-state index is 6.41. The second-order valence-electron chi connectivity index (χ2n) is 4.90. The first kappa shape index (κ1) is 12.0. The van der Waals surface area contributed by atoms with Crippen LogP contribution in [0.3, 0.4) is 0 Å². The summed E-state index contributed by atoms with van der Waals surface area (Å²) in [5, 5.41) is 0. The standard InChI is InChI=1S/C13H19NOS2/c14-13(9-2-1-4-15-7-9)12-6-10-8-16-5-3-11(10)17-12/h6,9,13H,1-5,7-8,14H2. The summed E-state index contributed by atoms with van der Waals surface area (Å²) in [6, 6.07) is 2.54. The van der Waals surface area contributed by atoms with Gasteiger partial charge in [-0.05, 0) is 36.6 Å². The summed E-state index contributed by atoms with van der Waals surface area (Å²) in [5.41, 5.74) is 7.94. The summed E-state index contributed by atoms with van der Waals surface area (Å²) in [4.78, 5) is 2.96. The molecule has 0 saturated carbocycles. The lowest BCUT2D eigenvalue weighted by atomic mass is 9.93. The fraction of sp³-hybridized carbons (Fsp3) is 0.692. The molecule has 4 heteroatoms. The summed E-state index contributed by atoms with van der Waals surface area (Å²) < 4.78 is 5.55. The second kappa shape index (κ2) is 5.31. The fourth-order valence-corrected chi connectivity index (χ4v) is 5.09. The normalized spacial score (nSPS) is 26.5. The van der Waals surface area contributed by atoms with Gasteiger partial charge in [0.1, 0.15) is 0 Å². The minimum atomic E-state index is 0.191. The molecule has 1 aromatic heterocycles. The third-order valence-corrected chi connectivity index (χ3v) is 6.03. The van der Waals surface area contributed by atoms with E-state index >= 15 is 0 Å². The van der Waals surface area contributed by atoms with Crippen molar-refractivity contribution in [2.24, 2.45) is 11.7 Å². The average molecular weight is 269 g/mol. The molecule has 2 atom stereocenters. The molecule has 2 N–H and O–H groups in total. The van der Waals surface area contributed by atoms with Gasteiger partial charge in [-0.25, -0.2) is 0 Å². The van der Waals surface area contributed by atoms with Crippen molar-refractivity contribution in [2.45, 2.75) is 31.1 Å². The SMILES string of the molecule is NC(c1cc2c(s1)CCSC2)C1CCCOC1. The van der Waals surface area contributed by atoms with E-state index in [-0.39, 0.29) is 6.04 Å². The lowest BCUT2D eigenvalue weighted by molar-refractivity contribution is 0.0452. The Morgan fingerprint density at radius 1 is 1.47 bits per heavy atom. The summed E-state index contributed by atoms with van der Waals surface area (Å²) in [6.07, 6.45) is 3.62. The Balaban J connectivity index is 1.76. The fourth-order valence-electron chi connectivity index (χ4n) is 2.62. The van der Waals surface area contributed by atoms with Gasteiger partial charge in [0.15, 0.2) is 0 Å². The summed E-state index contributed by atoms with van der Waals surface area (Å²) in [5.74, 6) is 2.98. The number of nitrogens with two attached hydrogens (primary N) is 1. The van der Waals surface area contributed by atoms with Gasteiger partial charge in [0.2, 0.25) is 0 Å². The van der Waals surface area contributed by atoms with Crippen LogP contribution in [0.25, 0.3) is 0 Å². The van der Waals surface area contributed by atoms with Crippen LogP contribution in [0.2, 0.25) is 0 Å². The van der Waals surface area contributed by atoms with Crippen molar-refractivity contribution in [3.05, 3.63) is 21.4 Å². The van der Waals surface area contributed by atoms with Crippen LogP contribution in [0.4, 0.5) is 0 Å². The van der Waals surface area contributed by atoms with Crippen molar-refractivity contribution in [3.63, 3.8) is 0 Å². The Labute approximate surface area is 111 Å². The molecule has 0 amide bonds. The average Bonchev–Trinajstić information content (AvgIpc) is 2.82. The zero-order valence-corrected chi connectivity index (χ0v) is 11.6. The smallest absolute Gasteiger partial charge is 0.0512 e. The first-order valence-corrected chi connectivity index (χ1v) is 8.34. The highest BCUT2D eigenvalue weighted by Crippen LogP contribution is 2.37. The van der Waals surface area contributed by atoms with Crippen LogP contribution in [0.5, 0.6) is 0 Å². The molecule has 0 aliphatic carbocycles. The molecule has 2 unspecified atom stereocenters. The Morgan fingerprint density at radius 2 is 2.41 bits per heavy atom. The third kappa shape index (κ3) is 2.55. The molecule has 3 rings (SSSR count). The van der Waals surface area contributed by atoms with Gasteiger partial charge < -0.3 is 10.5 Å². The predicted molar refractivity (Wildman–Crippen MR) is 74.7 cm³/mol. The molecular formula is C13H19NOS2. The maximum absolute atomic E-state index is 6.41. The number of thioether (sulfide) groups is 1. The molecular weight excluding hydrogens is 250 g/mol. The molecule has 0 spiro atoms. The highest BCUT2D eigenvalue weighted by Gasteiger charge is 2.25. The number of rotatable bonds is 2. The highest BCUT2D eigenvalue weighted by molar-refractivity contribution is 7.98. The van der Waals surface area contributed by atoms with Crippen molar-refractivity contribution in [1.29, 1.82) is 0 Å². The van der Waals surface area contributed by atoms with Crippen LogP contribution in [0.1, 0.15) is 34.2 Å². The number of hydrogen-bond acceptors (Lipinski definition) is 4. The molecule has 17 heavy (non-hydrogen) atoms. The van der Waals surface area contributed by atoms with E-state index < -0.39 is 0 Å². The van der Waals surface area contributed by atoms with Crippen LogP contribution in [-0.4, -0.2) is 19.0 Å². The molecule has 1 saturated heterocycles. The van der Waals surface area contributed by atoms with Crippen molar-refractivity contribution in [3.8, 4) is 0 Å². The lowest BCUT2D eigenvalue weighted by Gasteiger charge is -2.26. The van der Waals surface area contributed by atoms with Gasteiger partial charge in [-0.3, -0.25) is 0 Å². The summed E-state index contributed by atoms with van der Waals surface area (Å²) in [6.45, 7) is 1.76. The minimum Gasteiger partial charge on any atom is -0.381 e. The Kier molecular flexibility index (Phi) is 3.75. The largest absolute Gasteiger partial charge is 0.381 e. The number of fused-ring (bicyclic) bond motifs is 1. The molecule has 2 nitrogen and oxygen atoms in total. The molecule has 0 aromatic carbocycles. The maximum Gasteiger partial charge on any atom is 0.0512 e. The van der Waals surface area contributed by atoms with Gasteiger partial charge in [-0.15, -0.1) is 11.3 Å². The van der Waals surface area contributed by atoms with Gasteiger partial charge in [0.05, 0.1) is 6.61 Å². The van der Waals surface area contributed by atoms with E-state index in [0.29, 0.717) is 5.92 Å². The Bertz CT molecular complexity index is 361. The minimum absolute atomic E-state index is 0.191. The zero-order chi connectivity index (χ0) is 11.7. The zero-order valence-electron chi connectivity index (χ0n) is 9.98. The van der Waals surface area contributed by atoms with E-state index in [1.807, 2.05) is 23.1 Å². The monoisotopic (exact) mass is 269 g/mol. The Morgan fingerprint density at radius 3 is 3.18 bits per heavy atom. The van der Waals surface area contributed by atoms with Crippen LogP contribution in [0, 0.1) is 5.92 Å². The number of ether oxygens (including phenoxy) is 1. The van der Waals surface area contributed by atoms with Crippen molar-refractivity contribution >= 4 is 23.1 Å². The lowest BCUT2D eigenvalue weighted by Crippen LogP contribution is -2.28. The second-order valence-corrected chi connectivity index (χ2v) is 7.18. The molecule has 0 radical (unpaired) electrons. The van der Waals surface area contributed by atoms with Gasteiger partial charge >= 0.3 is 0 Å². The van der Waals surface area contributed by atoms with Crippen LogP contribution < -0.4 is 5.73 Å². The molecule has 0 bridgehead atoms. The van der Waals surface area contributed by atoms with Crippen LogP contribution in [-0.2, 0) is 16.9 Å². The van der Waals surface area contributed by atoms with E-state index in [1.165, 1.54) is 41.2 Å². The van der Waals surface area contributed by atoms with Gasteiger partial charge in [-0.2, -0.15) is 11.8 Å².